The van der Waals surface area contributed by atoms with Gasteiger partial charge in [-0.05, 0) is 30.3 Å². The molecular formula is C22H20FN3O3S. The zero-order chi connectivity index (χ0) is 21.1. The van der Waals surface area contributed by atoms with Gasteiger partial charge >= 0.3 is 0 Å². The summed E-state index contributed by atoms with van der Waals surface area (Å²) in [6.45, 7) is 0.861. The second-order valence-electron chi connectivity index (χ2n) is 6.94. The van der Waals surface area contributed by atoms with Crippen LogP contribution in [-0.4, -0.2) is 54.7 Å². The van der Waals surface area contributed by atoms with Crippen LogP contribution in [0.15, 0.2) is 71.8 Å². The minimum atomic E-state index is -3.78. The number of fused-ring (bicyclic) bond motifs is 1. The first kappa shape index (κ1) is 20.2. The minimum absolute atomic E-state index is 0.0781. The molecule has 1 aliphatic heterocycles. The van der Waals surface area contributed by atoms with Gasteiger partial charge in [-0.1, -0.05) is 30.3 Å². The Kier molecular flexibility index (Phi) is 5.61. The van der Waals surface area contributed by atoms with Crippen LogP contribution in [0.3, 0.4) is 0 Å². The number of halogens is 1. The van der Waals surface area contributed by atoms with E-state index < -0.39 is 15.8 Å². The Morgan fingerprint density at radius 3 is 2.50 bits per heavy atom. The molecule has 0 aliphatic carbocycles. The smallest absolute Gasteiger partial charge is 0.246 e. The molecule has 2 heterocycles. The van der Waals surface area contributed by atoms with Gasteiger partial charge in [0.25, 0.3) is 0 Å². The van der Waals surface area contributed by atoms with Crippen molar-refractivity contribution in [1.29, 1.82) is 0 Å². The number of hydrogen-bond donors (Lipinski definition) is 0. The number of hydrogen-bond acceptors (Lipinski definition) is 4. The van der Waals surface area contributed by atoms with Gasteiger partial charge in [-0.3, -0.25) is 9.78 Å². The Hall–Kier alpha value is -3.10. The number of piperazine rings is 1. The van der Waals surface area contributed by atoms with Crippen molar-refractivity contribution in [1.82, 2.24) is 14.2 Å². The van der Waals surface area contributed by atoms with Crippen LogP contribution in [0, 0.1) is 5.82 Å². The van der Waals surface area contributed by atoms with E-state index in [2.05, 4.69) is 4.98 Å². The zero-order valence-electron chi connectivity index (χ0n) is 16.1. The zero-order valence-corrected chi connectivity index (χ0v) is 16.9. The summed E-state index contributed by atoms with van der Waals surface area (Å²) in [5.41, 5.74) is 1.66. The first-order valence-corrected chi connectivity index (χ1v) is 11.0. The summed E-state index contributed by atoms with van der Waals surface area (Å²) in [4.78, 5) is 18.5. The lowest BCUT2D eigenvalue weighted by molar-refractivity contribution is -0.127. The second-order valence-corrected chi connectivity index (χ2v) is 8.88. The van der Waals surface area contributed by atoms with Crippen LogP contribution in [0.5, 0.6) is 0 Å². The Morgan fingerprint density at radius 2 is 1.73 bits per heavy atom. The highest BCUT2D eigenvalue weighted by Gasteiger charge is 2.29. The van der Waals surface area contributed by atoms with Gasteiger partial charge in [0.1, 0.15) is 5.82 Å². The van der Waals surface area contributed by atoms with Gasteiger partial charge in [-0.15, -0.1) is 0 Å². The van der Waals surface area contributed by atoms with Crippen LogP contribution in [0.2, 0.25) is 0 Å². The summed E-state index contributed by atoms with van der Waals surface area (Å²) in [6, 6.07) is 14.5. The third-order valence-electron chi connectivity index (χ3n) is 5.05. The van der Waals surface area contributed by atoms with Crippen molar-refractivity contribution in [3.63, 3.8) is 0 Å². The lowest BCUT2D eigenvalue weighted by Gasteiger charge is -2.33. The van der Waals surface area contributed by atoms with Gasteiger partial charge in [0.2, 0.25) is 15.9 Å². The Labute approximate surface area is 174 Å². The Bertz CT molecular complexity index is 1210. The Morgan fingerprint density at radius 1 is 1.00 bits per heavy atom. The predicted octanol–water partition coefficient (Wildman–Crippen LogP) is 2.92. The number of sulfonamides is 1. The number of rotatable bonds is 4. The fraction of sp³-hybridized carbons (Fsp3) is 0.182. The van der Waals surface area contributed by atoms with Crippen molar-refractivity contribution in [3.8, 4) is 0 Å². The summed E-state index contributed by atoms with van der Waals surface area (Å²) in [6.07, 6.45) is 4.92. The third-order valence-corrected chi connectivity index (χ3v) is 6.95. The number of para-hydroxylation sites is 1. The largest absolute Gasteiger partial charge is 0.337 e. The molecule has 154 valence electrons. The molecule has 0 spiro atoms. The molecular weight excluding hydrogens is 405 g/mol. The molecule has 1 fully saturated rings. The highest BCUT2D eigenvalue weighted by Crippen LogP contribution is 2.20. The van der Waals surface area contributed by atoms with E-state index >= 15 is 0 Å². The number of aromatic nitrogens is 1. The number of carbonyl (C=O) groups excluding carboxylic acids is 1. The average molecular weight is 425 g/mol. The van der Waals surface area contributed by atoms with Crippen LogP contribution in [0.1, 0.15) is 5.56 Å². The van der Waals surface area contributed by atoms with Crippen LogP contribution >= 0.6 is 0 Å². The molecule has 1 aromatic heterocycles. The van der Waals surface area contributed by atoms with Gasteiger partial charge in [0.15, 0.2) is 0 Å². The molecule has 1 aliphatic rings. The summed E-state index contributed by atoms with van der Waals surface area (Å²) in [5, 5.41) is 0.989. The predicted molar refractivity (Wildman–Crippen MR) is 113 cm³/mol. The van der Waals surface area contributed by atoms with Crippen LogP contribution in [0.4, 0.5) is 4.39 Å². The van der Waals surface area contributed by atoms with Gasteiger partial charge in [-0.25, -0.2) is 12.8 Å². The molecule has 3 aromatic rings. The normalized spacial score (nSPS) is 15.7. The van der Waals surface area contributed by atoms with Crippen molar-refractivity contribution in [2.45, 2.75) is 4.90 Å². The molecule has 2 aromatic carbocycles. The fourth-order valence-corrected chi connectivity index (χ4v) is 4.91. The first-order chi connectivity index (χ1) is 14.4. The van der Waals surface area contributed by atoms with E-state index in [0.717, 1.165) is 22.5 Å². The van der Waals surface area contributed by atoms with Gasteiger partial charge in [0.05, 0.1) is 10.4 Å². The number of amides is 1. The highest BCUT2D eigenvalue weighted by molar-refractivity contribution is 7.89. The van der Waals surface area contributed by atoms with Crippen molar-refractivity contribution in [2.24, 2.45) is 0 Å². The lowest BCUT2D eigenvalue weighted by atomic mass is 10.1. The van der Waals surface area contributed by atoms with Crippen molar-refractivity contribution >= 4 is 32.9 Å². The van der Waals surface area contributed by atoms with Crippen LogP contribution < -0.4 is 0 Å². The van der Waals surface area contributed by atoms with Crippen molar-refractivity contribution < 1.29 is 17.6 Å². The SMILES string of the molecule is O=C(/C=C/c1cccc2cccnc12)N1CCN(S(=O)(=O)c2cccc(F)c2)CC1. The maximum Gasteiger partial charge on any atom is 0.246 e. The molecule has 8 heteroatoms. The number of nitrogens with zero attached hydrogens (tertiary/aromatic N) is 3. The monoisotopic (exact) mass is 425 g/mol. The van der Waals surface area contributed by atoms with E-state index in [4.69, 9.17) is 0 Å². The summed E-state index contributed by atoms with van der Waals surface area (Å²) < 4.78 is 40.1. The maximum absolute atomic E-state index is 13.4. The summed E-state index contributed by atoms with van der Waals surface area (Å²) >= 11 is 0. The van der Waals surface area contributed by atoms with E-state index in [-0.39, 0.29) is 37.0 Å². The minimum Gasteiger partial charge on any atom is -0.337 e. The molecule has 6 nitrogen and oxygen atoms in total. The second kappa shape index (κ2) is 8.33. The molecule has 0 radical (unpaired) electrons. The lowest BCUT2D eigenvalue weighted by Crippen LogP contribution is -2.50. The summed E-state index contributed by atoms with van der Waals surface area (Å²) in [7, 11) is -3.78. The van der Waals surface area contributed by atoms with E-state index in [1.165, 1.54) is 28.6 Å². The van der Waals surface area contributed by atoms with Crippen molar-refractivity contribution in [3.05, 3.63) is 78.3 Å². The molecule has 0 saturated carbocycles. The first-order valence-electron chi connectivity index (χ1n) is 9.51. The van der Waals surface area contributed by atoms with Gasteiger partial charge in [-0.2, -0.15) is 4.31 Å². The Balaban J connectivity index is 1.43. The van der Waals surface area contributed by atoms with Crippen LogP contribution in [0.25, 0.3) is 17.0 Å². The molecule has 0 atom stereocenters. The van der Waals surface area contributed by atoms with Gasteiger partial charge in [0, 0.05) is 49.4 Å². The standard InChI is InChI=1S/C22H20FN3O3S/c23-19-7-2-8-20(16-19)30(28,29)26-14-12-25(13-15-26)21(27)10-9-18-5-1-4-17-6-3-11-24-22(17)18/h1-11,16H,12-15H2/b10-9+. The van der Waals surface area contributed by atoms with E-state index in [1.807, 2.05) is 30.3 Å². The fourth-order valence-electron chi connectivity index (χ4n) is 3.45. The third kappa shape index (κ3) is 4.10. The number of carbonyl (C=O) groups is 1. The average Bonchev–Trinajstić information content (AvgIpc) is 2.77. The van der Waals surface area contributed by atoms with Crippen molar-refractivity contribution in [2.75, 3.05) is 26.2 Å². The number of pyridine rings is 1. The topological polar surface area (TPSA) is 70.6 Å². The molecule has 0 unspecified atom stereocenters. The van der Waals surface area contributed by atoms with E-state index in [1.54, 1.807) is 17.2 Å². The quantitative estimate of drug-likeness (QED) is 0.603. The number of benzene rings is 2. The molecule has 30 heavy (non-hydrogen) atoms. The summed E-state index contributed by atoms with van der Waals surface area (Å²) in [5.74, 6) is -0.788. The highest BCUT2D eigenvalue weighted by atomic mass is 32.2. The van der Waals surface area contributed by atoms with Crippen LogP contribution in [-0.2, 0) is 14.8 Å². The van der Waals surface area contributed by atoms with Gasteiger partial charge < -0.3 is 4.90 Å². The maximum atomic E-state index is 13.4. The molecule has 0 bridgehead atoms. The molecule has 1 amide bonds. The van der Waals surface area contributed by atoms with E-state index in [9.17, 15) is 17.6 Å². The van der Waals surface area contributed by atoms with E-state index in [0.29, 0.717) is 0 Å². The molecule has 1 saturated heterocycles. The molecule has 4 rings (SSSR count). The molecule has 0 N–H and O–H groups in total.